The molecule has 2 aromatic heterocycles. The number of fused-ring (bicyclic) bond motifs is 1. The molecule has 7 heteroatoms. The zero-order chi connectivity index (χ0) is 18.3. The minimum Gasteiger partial charge on any atom is -0.496 e. The van der Waals surface area contributed by atoms with Gasteiger partial charge < -0.3 is 4.74 Å². The number of rotatable bonds is 3. The number of ether oxygens (including phenoxy) is 1. The average molecular weight is 428 g/mol. The molecule has 0 aliphatic carbocycles. The Morgan fingerprint density at radius 1 is 1.23 bits per heavy atom. The molecule has 5 nitrogen and oxygen atoms in total. The van der Waals surface area contributed by atoms with E-state index in [1.54, 1.807) is 13.2 Å². The van der Waals surface area contributed by atoms with Crippen molar-refractivity contribution in [3.63, 3.8) is 0 Å². The topological polar surface area (TPSA) is 56.5 Å². The number of aryl methyl sites for hydroxylation is 1. The van der Waals surface area contributed by atoms with E-state index in [0.29, 0.717) is 21.1 Å². The molecule has 0 bridgehead atoms. The smallest absolute Gasteiger partial charge is 0.291 e. The van der Waals surface area contributed by atoms with Crippen LogP contribution in [0, 0.1) is 6.92 Å². The normalized spacial score (nSPS) is 12.0. The Morgan fingerprint density at radius 2 is 2.04 bits per heavy atom. The van der Waals surface area contributed by atoms with E-state index in [9.17, 15) is 4.79 Å². The first-order chi connectivity index (χ1) is 12.6. The summed E-state index contributed by atoms with van der Waals surface area (Å²) in [6.45, 7) is 2.00. The highest BCUT2D eigenvalue weighted by Gasteiger charge is 2.13. The summed E-state index contributed by atoms with van der Waals surface area (Å²) in [5.41, 5.74) is 2.65. The number of hydrogen-bond acceptors (Lipinski definition) is 5. The van der Waals surface area contributed by atoms with Crippen LogP contribution in [0.1, 0.15) is 11.1 Å². The lowest BCUT2D eigenvalue weighted by atomic mass is 10.1. The van der Waals surface area contributed by atoms with Crippen LogP contribution >= 0.6 is 27.3 Å². The van der Waals surface area contributed by atoms with Gasteiger partial charge in [0.15, 0.2) is 5.82 Å². The summed E-state index contributed by atoms with van der Waals surface area (Å²) in [5, 5.41) is 4.41. The van der Waals surface area contributed by atoms with Gasteiger partial charge in [0.25, 0.3) is 5.56 Å². The molecule has 2 heterocycles. The van der Waals surface area contributed by atoms with Crippen LogP contribution in [0.15, 0.2) is 51.7 Å². The number of halogens is 1. The Morgan fingerprint density at radius 3 is 2.77 bits per heavy atom. The van der Waals surface area contributed by atoms with E-state index >= 15 is 0 Å². The third-order valence-electron chi connectivity index (χ3n) is 4.05. The molecule has 0 N–H and O–H groups in total. The highest BCUT2D eigenvalue weighted by atomic mass is 79.9. The maximum atomic E-state index is 12.7. The van der Waals surface area contributed by atoms with Gasteiger partial charge in [-0.2, -0.15) is 9.50 Å². The molecule has 4 rings (SSSR count). The highest BCUT2D eigenvalue weighted by Crippen LogP contribution is 2.24. The van der Waals surface area contributed by atoms with Crippen molar-refractivity contribution in [3.05, 3.63) is 73.0 Å². The quantitative estimate of drug-likeness (QED) is 0.502. The summed E-state index contributed by atoms with van der Waals surface area (Å²) in [6, 6.07) is 13.5. The number of methoxy groups -OCH3 is 1. The molecule has 2 aromatic carbocycles. The van der Waals surface area contributed by atoms with Crippen molar-refractivity contribution >= 4 is 38.3 Å². The number of benzene rings is 2. The lowest BCUT2D eigenvalue weighted by Gasteiger charge is -2.04. The molecule has 0 saturated carbocycles. The summed E-state index contributed by atoms with van der Waals surface area (Å²) in [6.07, 6.45) is 1.81. The van der Waals surface area contributed by atoms with E-state index in [1.807, 2.05) is 49.4 Å². The van der Waals surface area contributed by atoms with Crippen molar-refractivity contribution < 1.29 is 4.74 Å². The van der Waals surface area contributed by atoms with Gasteiger partial charge in [-0.05, 0) is 36.8 Å². The van der Waals surface area contributed by atoms with Crippen molar-refractivity contribution in [1.82, 2.24) is 14.6 Å². The summed E-state index contributed by atoms with van der Waals surface area (Å²) in [4.78, 5) is 17.8. The minimum atomic E-state index is -0.181. The van der Waals surface area contributed by atoms with Gasteiger partial charge in [-0.25, -0.2) is 0 Å². The minimum absolute atomic E-state index is 0.181. The van der Waals surface area contributed by atoms with Crippen LogP contribution in [0.25, 0.3) is 22.4 Å². The van der Waals surface area contributed by atoms with Crippen LogP contribution in [-0.2, 0) is 0 Å². The predicted molar refractivity (Wildman–Crippen MR) is 107 cm³/mol. The second-order valence-electron chi connectivity index (χ2n) is 5.75. The van der Waals surface area contributed by atoms with Gasteiger partial charge in [-0.3, -0.25) is 4.79 Å². The van der Waals surface area contributed by atoms with Crippen LogP contribution in [0.5, 0.6) is 5.75 Å². The summed E-state index contributed by atoms with van der Waals surface area (Å²) in [5.74, 6) is 1.27. The van der Waals surface area contributed by atoms with E-state index in [-0.39, 0.29) is 5.56 Å². The first kappa shape index (κ1) is 16.9. The number of nitrogens with zero attached hydrogens (tertiary/aromatic N) is 3. The molecule has 0 fully saturated rings. The van der Waals surface area contributed by atoms with Crippen LogP contribution < -0.4 is 14.8 Å². The van der Waals surface area contributed by atoms with Crippen LogP contribution in [0.2, 0.25) is 0 Å². The number of aromatic nitrogens is 3. The first-order valence-corrected chi connectivity index (χ1v) is 9.48. The third-order valence-corrected chi connectivity index (χ3v) is 5.50. The van der Waals surface area contributed by atoms with Crippen LogP contribution in [0.4, 0.5) is 0 Å². The summed E-state index contributed by atoms with van der Waals surface area (Å²) in [7, 11) is 1.61. The Hall–Kier alpha value is -2.51. The standard InChI is InChI=1S/C19H14BrN3O2S/c1-11-5-3-4-6-14(11)17-21-19-23(22-17)18(24)16(26-19)10-12-9-13(20)7-8-15(12)25-2/h3-10H,1-2H3/b16-10-. The Balaban J connectivity index is 1.86. The van der Waals surface area contributed by atoms with Crippen molar-refractivity contribution in [2.45, 2.75) is 6.92 Å². The molecule has 0 radical (unpaired) electrons. The molecule has 0 aliphatic heterocycles. The second-order valence-corrected chi connectivity index (χ2v) is 7.67. The van der Waals surface area contributed by atoms with E-state index in [4.69, 9.17) is 4.74 Å². The number of hydrogen-bond donors (Lipinski definition) is 0. The van der Waals surface area contributed by atoms with Gasteiger partial charge in [0.1, 0.15) is 5.75 Å². The van der Waals surface area contributed by atoms with Crippen molar-refractivity contribution in [2.24, 2.45) is 0 Å². The second kappa shape index (κ2) is 6.66. The Bertz CT molecular complexity index is 1230. The molecule has 0 aliphatic rings. The van der Waals surface area contributed by atoms with Gasteiger partial charge in [-0.15, -0.1) is 5.10 Å². The molecule has 26 heavy (non-hydrogen) atoms. The SMILES string of the molecule is COc1ccc(Br)cc1/C=c1\sc2nc(-c3ccccc3C)nn2c1=O. The van der Waals surface area contributed by atoms with Crippen LogP contribution in [-0.4, -0.2) is 21.7 Å². The van der Waals surface area contributed by atoms with Crippen LogP contribution in [0.3, 0.4) is 0 Å². The maximum absolute atomic E-state index is 12.7. The molecule has 130 valence electrons. The van der Waals surface area contributed by atoms with E-state index in [2.05, 4.69) is 26.0 Å². The molecule has 0 spiro atoms. The lowest BCUT2D eigenvalue weighted by Crippen LogP contribution is -2.23. The zero-order valence-electron chi connectivity index (χ0n) is 14.1. The van der Waals surface area contributed by atoms with E-state index < -0.39 is 0 Å². The van der Waals surface area contributed by atoms with Crippen molar-refractivity contribution in [3.8, 4) is 17.1 Å². The molecule has 0 amide bonds. The summed E-state index contributed by atoms with van der Waals surface area (Å²) < 4.78 is 8.21. The van der Waals surface area contributed by atoms with Gasteiger partial charge in [0.2, 0.25) is 4.96 Å². The first-order valence-electron chi connectivity index (χ1n) is 7.87. The Kier molecular flexibility index (Phi) is 4.34. The van der Waals surface area contributed by atoms with E-state index in [0.717, 1.165) is 21.2 Å². The fourth-order valence-corrected chi connectivity index (χ4v) is 4.01. The largest absolute Gasteiger partial charge is 0.496 e. The molecular weight excluding hydrogens is 414 g/mol. The molecular formula is C19H14BrN3O2S. The van der Waals surface area contributed by atoms with Gasteiger partial charge in [0.05, 0.1) is 11.6 Å². The summed E-state index contributed by atoms with van der Waals surface area (Å²) >= 11 is 4.76. The molecule has 0 saturated heterocycles. The predicted octanol–water partition coefficient (Wildman–Crippen LogP) is 3.45. The van der Waals surface area contributed by atoms with Gasteiger partial charge >= 0.3 is 0 Å². The van der Waals surface area contributed by atoms with E-state index in [1.165, 1.54) is 15.9 Å². The van der Waals surface area contributed by atoms with Gasteiger partial charge in [0, 0.05) is 15.6 Å². The average Bonchev–Trinajstić information content (AvgIpc) is 3.16. The van der Waals surface area contributed by atoms with Crippen molar-refractivity contribution in [2.75, 3.05) is 7.11 Å². The maximum Gasteiger partial charge on any atom is 0.291 e. The monoisotopic (exact) mass is 427 g/mol. The zero-order valence-corrected chi connectivity index (χ0v) is 16.5. The number of thiazole rings is 1. The molecule has 4 aromatic rings. The third kappa shape index (κ3) is 2.93. The van der Waals surface area contributed by atoms with Crippen molar-refractivity contribution in [1.29, 1.82) is 0 Å². The molecule has 0 unspecified atom stereocenters. The molecule has 0 atom stereocenters. The Labute approximate surface area is 161 Å². The van der Waals surface area contributed by atoms with Gasteiger partial charge in [-0.1, -0.05) is 51.5 Å². The fraction of sp³-hybridized carbons (Fsp3) is 0.105. The highest BCUT2D eigenvalue weighted by molar-refractivity contribution is 9.10. The fourth-order valence-electron chi connectivity index (χ4n) is 2.73. The lowest BCUT2D eigenvalue weighted by molar-refractivity contribution is 0.414.